The van der Waals surface area contributed by atoms with Crippen LogP contribution in [-0.4, -0.2) is 91.4 Å². The van der Waals surface area contributed by atoms with Gasteiger partial charge in [0.15, 0.2) is 17.1 Å². The van der Waals surface area contributed by atoms with Crippen molar-refractivity contribution in [1.82, 2.24) is 45.0 Å². The third-order valence-electron chi connectivity index (χ3n) is 7.18. The number of likely N-dealkylation sites (N-methyl/N-ethyl adjacent to an activating group) is 1. The molecule has 212 valence electrons. The van der Waals surface area contributed by atoms with Gasteiger partial charge in [0.05, 0.1) is 29.0 Å². The number of aromatic nitrogens is 8. The molecule has 0 bridgehead atoms. The normalized spacial score (nSPS) is 13.8. The maximum absolute atomic E-state index is 14.6. The molecular weight excluding hydrogens is 537 g/mol. The van der Waals surface area contributed by atoms with Gasteiger partial charge in [-0.1, -0.05) is 0 Å². The molecule has 0 saturated carbocycles. The largest absolute Gasteiger partial charge is 0.492 e. The van der Waals surface area contributed by atoms with Gasteiger partial charge in [0.25, 0.3) is 0 Å². The fourth-order valence-electron chi connectivity index (χ4n) is 4.98. The van der Waals surface area contributed by atoms with Crippen LogP contribution in [0.15, 0.2) is 55.1 Å². The molecule has 0 amide bonds. The predicted octanol–water partition coefficient (Wildman–Crippen LogP) is 3.25. The SMILES string of the molecule is CN(C)CCOc1cc(F)cc(-c2ccnc3nc(-c4[nH]nc5ncc(-c6cncc(N7CC(N)C7)n6)cc45)[nH]c23)c1. The van der Waals surface area contributed by atoms with Gasteiger partial charge in [-0.15, -0.1) is 0 Å². The van der Waals surface area contributed by atoms with E-state index in [1.165, 1.54) is 12.1 Å². The summed E-state index contributed by atoms with van der Waals surface area (Å²) in [5, 5.41) is 8.19. The zero-order valence-corrected chi connectivity index (χ0v) is 23.0. The Kier molecular flexibility index (Phi) is 6.44. The molecule has 5 aromatic heterocycles. The molecule has 6 aromatic rings. The van der Waals surface area contributed by atoms with Crippen molar-refractivity contribution in [3.05, 3.63) is 60.9 Å². The second-order valence-electron chi connectivity index (χ2n) is 10.6. The molecule has 1 aromatic carbocycles. The highest BCUT2D eigenvalue weighted by atomic mass is 19.1. The van der Waals surface area contributed by atoms with E-state index in [9.17, 15) is 4.39 Å². The van der Waals surface area contributed by atoms with Gasteiger partial charge in [-0.2, -0.15) is 5.10 Å². The number of nitrogens with zero attached hydrogens (tertiary/aromatic N) is 8. The zero-order valence-electron chi connectivity index (χ0n) is 23.0. The number of nitrogens with two attached hydrogens (primary N) is 1. The first kappa shape index (κ1) is 25.9. The number of hydrogen-bond acceptors (Lipinski definition) is 10. The molecule has 0 radical (unpaired) electrons. The number of imidazole rings is 1. The van der Waals surface area contributed by atoms with Crippen molar-refractivity contribution < 1.29 is 9.13 Å². The van der Waals surface area contributed by atoms with E-state index in [4.69, 9.17) is 20.4 Å². The molecule has 7 rings (SSSR count). The van der Waals surface area contributed by atoms with Crippen LogP contribution in [0.5, 0.6) is 5.75 Å². The maximum atomic E-state index is 14.6. The lowest BCUT2D eigenvalue weighted by atomic mass is 10.1. The number of anilines is 1. The van der Waals surface area contributed by atoms with E-state index in [1.807, 2.05) is 37.2 Å². The Morgan fingerprint density at radius 2 is 1.93 bits per heavy atom. The second-order valence-corrected chi connectivity index (χ2v) is 10.6. The van der Waals surface area contributed by atoms with Crippen LogP contribution < -0.4 is 15.4 Å². The number of aromatic amines is 2. The Morgan fingerprint density at radius 3 is 2.76 bits per heavy atom. The molecule has 1 saturated heterocycles. The Balaban J connectivity index is 1.24. The Hall–Kier alpha value is -5.01. The van der Waals surface area contributed by atoms with Gasteiger partial charge in [0.1, 0.15) is 29.7 Å². The Morgan fingerprint density at radius 1 is 1.05 bits per heavy atom. The van der Waals surface area contributed by atoms with Crippen molar-refractivity contribution in [2.24, 2.45) is 5.73 Å². The lowest BCUT2D eigenvalue weighted by molar-refractivity contribution is 0.260. The van der Waals surface area contributed by atoms with E-state index in [0.29, 0.717) is 51.9 Å². The zero-order chi connectivity index (χ0) is 28.8. The maximum Gasteiger partial charge on any atom is 0.181 e. The van der Waals surface area contributed by atoms with Gasteiger partial charge >= 0.3 is 0 Å². The monoisotopic (exact) mass is 565 g/mol. The van der Waals surface area contributed by atoms with Gasteiger partial charge in [0, 0.05) is 55.3 Å². The van der Waals surface area contributed by atoms with Crippen molar-refractivity contribution in [3.63, 3.8) is 0 Å². The number of ether oxygens (including phenoxy) is 1. The summed E-state index contributed by atoms with van der Waals surface area (Å²) < 4.78 is 20.4. The number of H-pyrrole nitrogens is 2. The molecule has 1 aliphatic heterocycles. The number of benzene rings is 1. The summed E-state index contributed by atoms with van der Waals surface area (Å²) in [4.78, 5) is 30.3. The molecular formula is C29H28FN11O. The number of fused-ring (bicyclic) bond motifs is 2. The highest BCUT2D eigenvalue weighted by Crippen LogP contribution is 2.33. The van der Waals surface area contributed by atoms with Crippen molar-refractivity contribution in [2.75, 3.05) is 45.2 Å². The fraction of sp³-hybridized carbons (Fsp3) is 0.241. The van der Waals surface area contributed by atoms with Crippen LogP contribution in [-0.2, 0) is 0 Å². The Labute approximate surface area is 239 Å². The van der Waals surface area contributed by atoms with Gasteiger partial charge in [-0.3, -0.25) is 10.1 Å². The standard InChI is InChI=1S/C29H28FN11O/c1-40(2)5-6-42-20-8-16(7-18(30)10-20)21-3-4-33-28-25(21)36-29(37-28)26-22-9-17(11-34-27(22)39-38-26)23-12-32-13-24(35-23)41-14-19(31)15-41/h3-4,7-13,19H,5-6,14-15,31H2,1-2H3,(H,33,36,37)(H,34,38,39). The van der Waals surface area contributed by atoms with Crippen LogP contribution in [0.2, 0.25) is 0 Å². The lowest BCUT2D eigenvalue weighted by Crippen LogP contribution is -2.56. The fourth-order valence-corrected chi connectivity index (χ4v) is 4.98. The first-order chi connectivity index (χ1) is 20.4. The topological polar surface area (TPSA) is 151 Å². The van der Waals surface area contributed by atoms with E-state index in [0.717, 1.165) is 42.0 Å². The van der Waals surface area contributed by atoms with Gasteiger partial charge in [-0.25, -0.2) is 24.3 Å². The van der Waals surface area contributed by atoms with Crippen LogP contribution in [0, 0.1) is 5.82 Å². The summed E-state index contributed by atoms with van der Waals surface area (Å²) in [6.07, 6.45) is 6.83. The first-order valence-electron chi connectivity index (χ1n) is 13.5. The quantitative estimate of drug-likeness (QED) is 0.251. The van der Waals surface area contributed by atoms with Crippen LogP contribution in [0.4, 0.5) is 10.2 Å². The number of hydrogen-bond donors (Lipinski definition) is 3. The summed E-state index contributed by atoms with van der Waals surface area (Å²) in [7, 11) is 3.92. The molecule has 0 spiro atoms. The summed E-state index contributed by atoms with van der Waals surface area (Å²) in [6, 6.07) is 8.62. The number of nitrogens with one attached hydrogen (secondary N) is 2. The number of halogens is 1. The minimum absolute atomic E-state index is 0.158. The van der Waals surface area contributed by atoms with Crippen molar-refractivity contribution >= 4 is 28.0 Å². The average molecular weight is 566 g/mol. The number of rotatable bonds is 8. The molecule has 13 heteroatoms. The molecule has 42 heavy (non-hydrogen) atoms. The molecule has 1 fully saturated rings. The van der Waals surface area contributed by atoms with Crippen LogP contribution in [0.1, 0.15) is 0 Å². The van der Waals surface area contributed by atoms with Crippen LogP contribution in [0.25, 0.3) is 56.1 Å². The highest BCUT2D eigenvalue weighted by molar-refractivity contribution is 5.96. The number of pyridine rings is 2. The smallest absolute Gasteiger partial charge is 0.181 e. The minimum Gasteiger partial charge on any atom is -0.492 e. The van der Waals surface area contributed by atoms with Crippen LogP contribution >= 0.6 is 0 Å². The van der Waals surface area contributed by atoms with E-state index in [2.05, 4.69) is 35.0 Å². The summed E-state index contributed by atoms with van der Waals surface area (Å²) in [5.41, 5.74) is 11.1. The average Bonchev–Trinajstić information content (AvgIpc) is 3.59. The summed E-state index contributed by atoms with van der Waals surface area (Å²) in [6.45, 7) is 2.67. The molecule has 6 heterocycles. The lowest BCUT2D eigenvalue weighted by Gasteiger charge is -2.37. The Bertz CT molecular complexity index is 1910. The molecule has 4 N–H and O–H groups in total. The molecule has 1 aliphatic rings. The molecule has 0 aliphatic carbocycles. The van der Waals surface area contributed by atoms with E-state index in [-0.39, 0.29) is 11.9 Å². The van der Waals surface area contributed by atoms with Gasteiger partial charge in [-0.05, 0) is 43.9 Å². The highest BCUT2D eigenvalue weighted by Gasteiger charge is 2.25. The van der Waals surface area contributed by atoms with E-state index < -0.39 is 0 Å². The third-order valence-corrected chi connectivity index (χ3v) is 7.18. The third kappa shape index (κ3) is 4.88. The molecule has 0 atom stereocenters. The molecule has 0 unspecified atom stereocenters. The van der Waals surface area contributed by atoms with E-state index in [1.54, 1.807) is 24.8 Å². The van der Waals surface area contributed by atoms with Gasteiger partial charge < -0.3 is 25.3 Å². The summed E-state index contributed by atoms with van der Waals surface area (Å²) in [5.74, 6) is 1.37. The summed E-state index contributed by atoms with van der Waals surface area (Å²) >= 11 is 0. The first-order valence-corrected chi connectivity index (χ1v) is 13.5. The second kappa shape index (κ2) is 10.4. The van der Waals surface area contributed by atoms with Crippen molar-refractivity contribution in [1.29, 1.82) is 0 Å². The van der Waals surface area contributed by atoms with Crippen molar-refractivity contribution in [2.45, 2.75) is 6.04 Å². The van der Waals surface area contributed by atoms with Crippen LogP contribution in [0.3, 0.4) is 0 Å². The van der Waals surface area contributed by atoms with E-state index >= 15 is 0 Å². The molecule has 12 nitrogen and oxygen atoms in total. The predicted molar refractivity (Wildman–Crippen MR) is 157 cm³/mol. The van der Waals surface area contributed by atoms with Crippen molar-refractivity contribution in [3.8, 4) is 39.7 Å². The van der Waals surface area contributed by atoms with Gasteiger partial charge in [0.2, 0.25) is 0 Å². The minimum atomic E-state index is -0.389.